The summed E-state index contributed by atoms with van der Waals surface area (Å²) in [5, 5.41) is 2.37. The zero-order valence-electron chi connectivity index (χ0n) is 10.9. The molecule has 120 valence electrons. The van der Waals surface area contributed by atoms with E-state index in [1.807, 2.05) is 0 Å². The second kappa shape index (κ2) is 7.32. The summed E-state index contributed by atoms with van der Waals surface area (Å²) >= 11 is 0. The molecule has 21 heavy (non-hydrogen) atoms. The van der Waals surface area contributed by atoms with E-state index in [9.17, 15) is 26.2 Å². The lowest BCUT2D eigenvalue weighted by Crippen LogP contribution is -2.29. The third-order valence-electron chi connectivity index (χ3n) is 2.40. The van der Waals surface area contributed by atoms with Gasteiger partial charge in [0.05, 0.1) is 6.54 Å². The van der Waals surface area contributed by atoms with Crippen molar-refractivity contribution in [2.45, 2.75) is 17.9 Å². The molecule has 1 aromatic rings. The molecule has 1 N–H and O–H groups in total. The summed E-state index contributed by atoms with van der Waals surface area (Å²) in [4.78, 5) is 11.4. The minimum Gasteiger partial charge on any atom is -0.350 e. The highest BCUT2D eigenvalue weighted by atomic mass is 35.7. The number of hydrogen-bond donors (Lipinski definition) is 1. The minimum absolute atomic E-state index is 0.0742. The van der Waals surface area contributed by atoms with Crippen LogP contribution in [0, 0.1) is 0 Å². The SMILES string of the molecule is CS(=O)CCNC(=O)c1cc(S(=O)(=O)Cl)cn1CC(F)F. The van der Waals surface area contributed by atoms with Crippen molar-refractivity contribution < 1.29 is 26.2 Å². The number of carbonyl (C=O) groups is 1. The lowest BCUT2D eigenvalue weighted by molar-refractivity contribution is 0.0933. The van der Waals surface area contributed by atoms with E-state index in [1.165, 1.54) is 6.26 Å². The van der Waals surface area contributed by atoms with Crippen LogP contribution in [0.2, 0.25) is 0 Å². The molecule has 1 heterocycles. The highest BCUT2D eigenvalue weighted by molar-refractivity contribution is 8.13. The van der Waals surface area contributed by atoms with Crippen LogP contribution in [0.25, 0.3) is 0 Å². The second-order valence-electron chi connectivity index (χ2n) is 4.08. The molecule has 1 aromatic heterocycles. The summed E-state index contributed by atoms with van der Waals surface area (Å²) < 4.78 is 59.0. The molecule has 0 saturated heterocycles. The zero-order valence-corrected chi connectivity index (χ0v) is 13.3. The maximum Gasteiger partial charge on any atom is 0.267 e. The predicted octanol–water partition coefficient (Wildman–Crippen LogP) is 0.789. The molecule has 0 aromatic carbocycles. The first-order valence-electron chi connectivity index (χ1n) is 5.62. The summed E-state index contributed by atoms with van der Waals surface area (Å²) in [6.45, 7) is -0.764. The van der Waals surface area contributed by atoms with Gasteiger partial charge < -0.3 is 9.88 Å². The van der Waals surface area contributed by atoms with Crippen molar-refractivity contribution in [2.75, 3.05) is 18.6 Å². The smallest absolute Gasteiger partial charge is 0.267 e. The fraction of sp³-hybridized carbons (Fsp3) is 0.500. The summed E-state index contributed by atoms with van der Waals surface area (Å²) in [6.07, 6.45) is -0.441. The Hall–Kier alpha value is -1.00. The van der Waals surface area contributed by atoms with E-state index >= 15 is 0 Å². The van der Waals surface area contributed by atoms with Crippen LogP contribution in [-0.2, 0) is 26.4 Å². The van der Waals surface area contributed by atoms with Crippen molar-refractivity contribution in [1.29, 1.82) is 0 Å². The largest absolute Gasteiger partial charge is 0.350 e. The van der Waals surface area contributed by atoms with Crippen molar-refractivity contribution >= 4 is 36.4 Å². The number of halogens is 3. The molecule has 0 fully saturated rings. The van der Waals surface area contributed by atoms with Crippen LogP contribution in [0.3, 0.4) is 0 Å². The van der Waals surface area contributed by atoms with Crippen molar-refractivity contribution in [2.24, 2.45) is 0 Å². The fourth-order valence-corrected chi connectivity index (χ4v) is 2.65. The molecule has 0 bridgehead atoms. The maximum absolute atomic E-state index is 12.5. The number of aromatic nitrogens is 1. The molecule has 0 aliphatic rings. The summed E-state index contributed by atoms with van der Waals surface area (Å²) in [5.74, 6) is -0.547. The first kappa shape index (κ1) is 18.1. The van der Waals surface area contributed by atoms with Gasteiger partial charge in [-0.2, -0.15) is 0 Å². The van der Waals surface area contributed by atoms with Crippen LogP contribution in [0.5, 0.6) is 0 Å². The molecule has 6 nitrogen and oxygen atoms in total. The number of alkyl halides is 2. The molecule has 1 unspecified atom stereocenters. The van der Waals surface area contributed by atoms with Crippen molar-refractivity contribution in [3.8, 4) is 0 Å². The average molecular weight is 363 g/mol. The molecular formula is C10H13ClF2N2O4S2. The Morgan fingerprint density at radius 3 is 2.62 bits per heavy atom. The first-order valence-corrected chi connectivity index (χ1v) is 9.66. The van der Waals surface area contributed by atoms with Crippen molar-refractivity contribution in [3.05, 3.63) is 18.0 Å². The highest BCUT2D eigenvalue weighted by Crippen LogP contribution is 2.19. The van der Waals surface area contributed by atoms with Gasteiger partial charge >= 0.3 is 0 Å². The molecule has 0 radical (unpaired) electrons. The highest BCUT2D eigenvalue weighted by Gasteiger charge is 2.21. The van der Waals surface area contributed by atoms with Gasteiger partial charge in [-0.15, -0.1) is 0 Å². The van der Waals surface area contributed by atoms with Crippen LogP contribution >= 0.6 is 10.7 Å². The Labute approximate surface area is 127 Å². The molecule has 0 aliphatic heterocycles. The van der Waals surface area contributed by atoms with Gasteiger partial charge in [-0.1, -0.05) is 0 Å². The van der Waals surface area contributed by atoms with E-state index in [4.69, 9.17) is 10.7 Å². The van der Waals surface area contributed by atoms with Crippen molar-refractivity contribution in [3.63, 3.8) is 0 Å². The van der Waals surface area contributed by atoms with Crippen LogP contribution in [0.4, 0.5) is 8.78 Å². The number of amides is 1. The monoisotopic (exact) mass is 362 g/mol. The van der Waals surface area contributed by atoms with Crippen molar-refractivity contribution in [1.82, 2.24) is 9.88 Å². The van der Waals surface area contributed by atoms with Gasteiger partial charge in [0, 0.05) is 46.2 Å². The summed E-state index contributed by atoms with van der Waals surface area (Å²) in [7, 11) is -0.120. The van der Waals surface area contributed by atoms with Crippen LogP contribution in [0.15, 0.2) is 17.2 Å². The van der Waals surface area contributed by atoms with Crippen LogP contribution < -0.4 is 5.32 Å². The molecule has 1 rings (SSSR count). The Balaban J connectivity index is 3.00. The maximum atomic E-state index is 12.5. The third kappa shape index (κ3) is 5.71. The number of hydrogen-bond acceptors (Lipinski definition) is 4. The Kier molecular flexibility index (Phi) is 6.29. The van der Waals surface area contributed by atoms with E-state index in [2.05, 4.69) is 5.32 Å². The molecule has 1 atom stereocenters. The molecule has 0 saturated carbocycles. The molecular weight excluding hydrogens is 350 g/mol. The Bertz CT molecular complexity index is 645. The first-order chi connectivity index (χ1) is 9.61. The van der Waals surface area contributed by atoms with Gasteiger partial charge in [0.25, 0.3) is 21.4 Å². The van der Waals surface area contributed by atoms with E-state index < -0.39 is 43.6 Å². The fourth-order valence-electron chi connectivity index (χ4n) is 1.51. The minimum atomic E-state index is -4.13. The van der Waals surface area contributed by atoms with E-state index in [0.717, 1.165) is 16.8 Å². The molecule has 1 amide bonds. The number of nitrogens with zero attached hydrogens (tertiary/aromatic N) is 1. The van der Waals surface area contributed by atoms with Gasteiger partial charge in [0.1, 0.15) is 10.6 Å². The predicted molar refractivity (Wildman–Crippen MR) is 74.7 cm³/mol. The third-order valence-corrected chi connectivity index (χ3v) is 4.50. The van der Waals surface area contributed by atoms with Crippen LogP contribution in [0.1, 0.15) is 10.5 Å². The van der Waals surface area contributed by atoms with Gasteiger partial charge in [0.2, 0.25) is 0 Å². The standard InChI is InChI=1S/C10H13ClF2N2O4S2/c1-20(17)3-2-14-10(16)8-4-7(21(11,18)19)5-15(8)6-9(12)13/h4-5,9H,2-3,6H2,1H3,(H,14,16). The van der Waals surface area contributed by atoms with Gasteiger partial charge in [0.15, 0.2) is 0 Å². The Morgan fingerprint density at radius 1 is 1.52 bits per heavy atom. The van der Waals surface area contributed by atoms with Gasteiger partial charge in [-0.3, -0.25) is 9.00 Å². The Morgan fingerprint density at radius 2 is 2.14 bits per heavy atom. The number of carbonyl (C=O) groups excluding carboxylic acids is 1. The average Bonchev–Trinajstić information content (AvgIpc) is 2.71. The lowest BCUT2D eigenvalue weighted by Gasteiger charge is -2.08. The quantitative estimate of drug-likeness (QED) is 0.727. The second-order valence-corrected chi connectivity index (χ2v) is 8.20. The summed E-state index contributed by atoms with van der Waals surface area (Å²) in [5.41, 5.74) is -0.253. The number of rotatable bonds is 7. The topological polar surface area (TPSA) is 85.2 Å². The summed E-state index contributed by atoms with van der Waals surface area (Å²) in [6, 6.07) is 0.920. The van der Waals surface area contributed by atoms with Crippen LogP contribution in [-0.4, -0.2) is 48.1 Å². The normalized spacial score (nSPS) is 13.4. The molecule has 0 aliphatic carbocycles. The number of nitrogens with one attached hydrogen (secondary N) is 1. The van der Waals surface area contributed by atoms with E-state index in [1.54, 1.807) is 0 Å². The van der Waals surface area contributed by atoms with E-state index in [0.29, 0.717) is 0 Å². The van der Waals surface area contributed by atoms with Gasteiger partial charge in [-0.25, -0.2) is 17.2 Å². The molecule has 11 heteroatoms. The van der Waals surface area contributed by atoms with E-state index in [-0.39, 0.29) is 18.0 Å². The molecule has 0 spiro atoms. The van der Waals surface area contributed by atoms with Gasteiger partial charge in [-0.05, 0) is 6.07 Å². The zero-order chi connectivity index (χ0) is 16.2. The lowest BCUT2D eigenvalue weighted by atomic mass is 10.4.